The van der Waals surface area contributed by atoms with Gasteiger partial charge >= 0.3 is 0 Å². The van der Waals surface area contributed by atoms with Crippen molar-refractivity contribution in [2.24, 2.45) is 5.73 Å². The highest BCUT2D eigenvalue weighted by Crippen LogP contribution is 2.27. The fourth-order valence-electron chi connectivity index (χ4n) is 2.84. The molecule has 144 valence electrons. The number of primary amides is 1. The first-order chi connectivity index (χ1) is 13.0. The van der Waals surface area contributed by atoms with Gasteiger partial charge in [0, 0.05) is 25.5 Å². The van der Waals surface area contributed by atoms with Gasteiger partial charge in [-0.25, -0.2) is 9.97 Å². The number of hydrogen-bond donors (Lipinski definition) is 1. The number of halogens is 2. The van der Waals surface area contributed by atoms with Crippen molar-refractivity contribution in [1.29, 1.82) is 0 Å². The SMILES string of the molecule is NC(=O)CN1CCC(Oc2nccnc2OCc2ccc(Cl)c(Cl)c2)CC1. The second kappa shape index (κ2) is 9.21. The minimum absolute atomic E-state index is 0.0156. The van der Waals surface area contributed by atoms with Crippen LogP contribution < -0.4 is 15.2 Å². The normalized spacial score (nSPS) is 15.5. The molecule has 1 amide bonds. The van der Waals surface area contributed by atoms with Gasteiger partial charge in [-0.3, -0.25) is 9.69 Å². The van der Waals surface area contributed by atoms with Crippen molar-refractivity contribution in [3.8, 4) is 11.8 Å². The third-order valence-electron chi connectivity index (χ3n) is 4.19. The molecular weight excluding hydrogens is 391 g/mol. The number of carbonyl (C=O) groups excluding carboxylic acids is 1. The molecule has 1 aromatic heterocycles. The number of nitrogens with zero attached hydrogens (tertiary/aromatic N) is 3. The third kappa shape index (κ3) is 5.69. The lowest BCUT2D eigenvalue weighted by Crippen LogP contribution is -2.42. The largest absolute Gasteiger partial charge is 0.470 e. The molecule has 0 radical (unpaired) electrons. The molecule has 2 aromatic rings. The molecular formula is C18H20Cl2N4O3. The average molecular weight is 411 g/mol. The summed E-state index contributed by atoms with van der Waals surface area (Å²) in [6, 6.07) is 5.30. The van der Waals surface area contributed by atoms with E-state index in [1.54, 1.807) is 24.5 Å². The minimum Gasteiger partial charge on any atom is -0.470 e. The van der Waals surface area contributed by atoms with E-state index in [4.69, 9.17) is 38.4 Å². The maximum Gasteiger partial charge on any atom is 0.278 e. The van der Waals surface area contributed by atoms with Crippen LogP contribution in [0.1, 0.15) is 18.4 Å². The van der Waals surface area contributed by atoms with E-state index in [2.05, 4.69) is 9.97 Å². The van der Waals surface area contributed by atoms with Crippen LogP contribution in [0.2, 0.25) is 10.0 Å². The Hall–Kier alpha value is -2.09. The predicted molar refractivity (Wildman–Crippen MR) is 102 cm³/mol. The van der Waals surface area contributed by atoms with Crippen molar-refractivity contribution in [3.05, 3.63) is 46.2 Å². The quantitative estimate of drug-likeness (QED) is 0.754. The number of likely N-dealkylation sites (tertiary alicyclic amines) is 1. The van der Waals surface area contributed by atoms with Crippen LogP contribution in [-0.4, -0.2) is 46.5 Å². The Kier molecular flexibility index (Phi) is 6.71. The summed E-state index contributed by atoms with van der Waals surface area (Å²) in [7, 11) is 0. The van der Waals surface area contributed by atoms with E-state index in [9.17, 15) is 4.79 Å². The average Bonchev–Trinajstić information content (AvgIpc) is 2.65. The Bertz CT molecular complexity index is 798. The molecule has 3 rings (SSSR count). The van der Waals surface area contributed by atoms with E-state index >= 15 is 0 Å². The van der Waals surface area contributed by atoms with Crippen molar-refractivity contribution in [3.63, 3.8) is 0 Å². The summed E-state index contributed by atoms with van der Waals surface area (Å²) >= 11 is 12.0. The zero-order valence-electron chi connectivity index (χ0n) is 14.6. The van der Waals surface area contributed by atoms with Crippen molar-refractivity contribution < 1.29 is 14.3 Å². The Labute approximate surface area is 167 Å². The maximum absolute atomic E-state index is 11.0. The zero-order chi connectivity index (χ0) is 19.2. The molecule has 1 aliphatic rings. The van der Waals surface area contributed by atoms with E-state index in [0.29, 0.717) is 21.8 Å². The van der Waals surface area contributed by atoms with Crippen LogP contribution in [-0.2, 0) is 11.4 Å². The molecule has 2 N–H and O–H groups in total. The lowest BCUT2D eigenvalue weighted by molar-refractivity contribution is -0.119. The number of rotatable bonds is 7. The number of aromatic nitrogens is 2. The monoisotopic (exact) mass is 410 g/mol. The van der Waals surface area contributed by atoms with Crippen LogP contribution in [0, 0.1) is 0 Å². The van der Waals surface area contributed by atoms with Crippen molar-refractivity contribution in [2.75, 3.05) is 19.6 Å². The first kappa shape index (κ1) is 19.7. The number of nitrogens with two attached hydrogens (primary N) is 1. The first-order valence-corrected chi connectivity index (χ1v) is 9.32. The second-order valence-electron chi connectivity index (χ2n) is 6.26. The fraction of sp³-hybridized carbons (Fsp3) is 0.389. The standard InChI is InChI=1S/C18H20Cl2N4O3/c19-14-2-1-12(9-15(14)20)11-26-17-18(23-6-5-22-17)27-13-3-7-24(8-4-13)10-16(21)25/h1-2,5-6,9,13H,3-4,7-8,10-11H2,(H2,21,25). The van der Waals surface area contributed by atoms with Gasteiger partial charge < -0.3 is 15.2 Å². The lowest BCUT2D eigenvalue weighted by atomic mass is 10.1. The number of carbonyl (C=O) groups is 1. The molecule has 0 aliphatic carbocycles. The van der Waals surface area contributed by atoms with Gasteiger partial charge in [-0.15, -0.1) is 0 Å². The van der Waals surface area contributed by atoms with Gasteiger partial charge in [-0.05, 0) is 30.5 Å². The predicted octanol–water partition coefficient (Wildman–Crippen LogP) is 2.69. The molecule has 9 heteroatoms. The molecule has 2 heterocycles. The number of ether oxygens (including phenoxy) is 2. The van der Waals surface area contributed by atoms with E-state index in [0.717, 1.165) is 31.5 Å². The van der Waals surface area contributed by atoms with Crippen molar-refractivity contribution in [2.45, 2.75) is 25.6 Å². The highest BCUT2D eigenvalue weighted by molar-refractivity contribution is 6.42. The highest BCUT2D eigenvalue weighted by Gasteiger charge is 2.23. The molecule has 1 saturated heterocycles. The van der Waals surface area contributed by atoms with Crippen molar-refractivity contribution in [1.82, 2.24) is 14.9 Å². The number of amides is 1. The summed E-state index contributed by atoms with van der Waals surface area (Å²) in [5.74, 6) is 0.357. The van der Waals surface area contributed by atoms with Gasteiger partial charge in [-0.2, -0.15) is 0 Å². The molecule has 0 saturated carbocycles. The second-order valence-corrected chi connectivity index (χ2v) is 7.08. The topological polar surface area (TPSA) is 90.6 Å². The Balaban J connectivity index is 1.57. The molecule has 0 bridgehead atoms. The summed E-state index contributed by atoms with van der Waals surface area (Å²) in [5.41, 5.74) is 6.10. The molecule has 1 aromatic carbocycles. The van der Waals surface area contributed by atoms with Gasteiger partial charge in [-0.1, -0.05) is 29.3 Å². The van der Waals surface area contributed by atoms with E-state index in [1.165, 1.54) is 0 Å². The van der Waals surface area contributed by atoms with E-state index in [1.807, 2.05) is 11.0 Å². The van der Waals surface area contributed by atoms with Gasteiger partial charge in [0.15, 0.2) is 0 Å². The molecule has 0 atom stereocenters. The summed E-state index contributed by atoms with van der Waals surface area (Å²) in [4.78, 5) is 21.5. The van der Waals surface area contributed by atoms with E-state index < -0.39 is 0 Å². The summed E-state index contributed by atoms with van der Waals surface area (Å²) < 4.78 is 11.7. The van der Waals surface area contributed by atoms with Crippen LogP contribution in [0.4, 0.5) is 0 Å². The van der Waals surface area contributed by atoms with Crippen LogP contribution in [0.15, 0.2) is 30.6 Å². The zero-order valence-corrected chi connectivity index (χ0v) is 16.1. The van der Waals surface area contributed by atoms with Gasteiger partial charge in [0.05, 0.1) is 16.6 Å². The molecule has 0 unspecified atom stereocenters. The van der Waals surface area contributed by atoms with E-state index in [-0.39, 0.29) is 25.2 Å². The van der Waals surface area contributed by atoms with Crippen LogP contribution in [0.5, 0.6) is 11.8 Å². The summed E-state index contributed by atoms with van der Waals surface area (Å²) in [6.07, 6.45) is 4.64. The molecule has 1 fully saturated rings. The highest BCUT2D eigenvalue weighted by atomic mass is 35.5. The van der Waals surface area contributed by atoms with Crippen LogP contribution in [0.3, 0.4) is 0 Å². The maximum atomic E-state index is 11.0. The summed E-state index contributed by atoms with van der Waals surface area (Å²) in [5, 5.41) is 0.961. The Morgan fingerprint density at radius 1 is 1.15 bits per heavy atom. The Morgan fingerprint density at radius 2 is 1.85 bits per heavy atom. The van der Waals surface area contributed by atoms with Gasteiger partial charge in [0.25, 0.3) is 11.8 Å². The lowest BCUT2D eigenvalue weighted by Gasteiger charge is -2.31. The molecule has 1 aliphatic heterocycles. The fourth-order valence-corrected chi connectivity index (χ4v) is 3.16. The number of benzene rings is 1. The number of piperidine rings is 1. The molecule has 7 nitrogen and oxygen atoms in total. The minimum atomic E-state index is -0.318. The molecule has 27 heavy (non-hydrogen) atoms. The van der Waals surface area contributed by atoms with Crippen LogP contribution in [0.25, 0.3) is 0 Å². The molecule has 0 spiro atoms. The van der Waals surface area contributed by atoms with Crippen LogP contribution >= 0.6 is 23.2 Å². The van der Waals surface area contributed by atoms with Crippen molar-refractivity contribution >= 4 is 29.1 Å². The van der Waals surface area contributed by atoms with Gasteiger partial charge in [0.2, 0.25) is 5.91 Å². The number of hydrogen-bond acceptors (Lipinski definition) is 6. The van der Waals surface area contributed by atoms with Gasteiger partial charge in [0.1, 0.15) is 12.7 Å². The first-order valence-electron chi connectivity index (χ1n) is 8.56. The summed E-state index contributed by atoms with van der Waals surface area (Å²) in [6.45, 7) is 2.03. The Morgan fingerprint density at radius 3 is 2.52 bits per heavy atom. The third-order valence-corrected chi connectivity index (χ3v) is 4.92. The smallest absolute Gasteiger partial charge is 0.278 e.